The SMILES string of the molecule is CC(C)c1cc(CN2CC3(C2)CN(S(C)(=O)=O)C3)c(F)cc1-c1ccc(C(O)(C(F)(F)F)C(F)(F)F)cc1F. The molecule has 0 radical (unpaired) electrons. The van der Waals surface area contributed by atoms with Crippen molar-refractivity contribution >= 4 is 10.0 Å². The summed E-state index contributed by atoms with van der Waals surface area (Å²) in [6.07, 6.45) is -11.2. The molecule has 5 nitrogen and oxygen atoms in total. The van der Waals surface area contributed by atoms with Gasteiger partial charge in [-0.25, -0.2) is 21.5 Å². The summed E-state index contributed by atoms with van der Waals surface area (Å²) >= 11 is 0. The Hall–Kier alpha value is -2.29. The summed E-state index contributed by atoms with van der Waals surface area (Å²) in [6, 6.07) is 3.43. The molecule has 39 heavy (non-hydrogen) atoms. The first kappa shape index (κ1) is 29.7. The lowest BCUT2D eigenvalue weighted by Crippen LogP contribution is -2.72. The third kappa shape index (κ3) is 5.16. The van der Waals surface area contributed by atoms with Crippen molar-refractivity contribution in [1.82, 2.24) is 9.21 Å². The Labute approximate surface area is 220 Å². The minimum atomic E-state index is -6.17. The number of rotatable bonds is 6. The highest BCUT2D eigenvalue weighted by Crippen LogP contribution is 2.50. The lowest BCUT2D eigenvalue weighted by molar-refractivity contribution is -0.376. The normalized spacial score (nSPS) is 18.9. The molecule has 1 N–H and O–H groups in total. The van der Waals surface area contributed by atoms with Gasteiger partial charge in [-0.3, -0.25) is 4.90 Å². The average Bonchev–Trinajstić information content (AvgIpc) is 2.71. The molecule has 0 amide bonds. The molecular formula is C25H26F8N2O3S. The number of halogens is 8. The number of benzene rings is 2. The van der Waals surface area contributed by atoms with Gasteiger partial charge in [-0.1, -0.05) is 32.0 Å². The number of hydrogen-bond acceptors (Lipinski definition) is 4. The van der Waals surface area contributed by atoms with Crippen LogP contribution in [-0.2, 0) is 22.2 Å². The predicted octanol–water partition coefficient (Wildman–Crippen LogP) is 5.14. The molecular weight excluding hydrogens is 560 g/mol. The van der Waals surface area contributed by atoms with Crippen molar-refractivity contribution in [3.63, 3.8) is 0 Å². The van der Waals surface area contributed by atoms with Crippen LogP contribution in [0.2, 0.25) is 0 Å². The largest absolute Gasteiger partial charge is 0.430 e. The minimum Gasteiger partial charge on any atom is -0.369 e. The lowest BCUT2D eigenvalue weighted by atomic mass is 9.74. The summed E-state index contributed by atoms with van der Waals surface area (Å²) in [5.74, 6) is -2.55. The molecule has 2 heterocycles. The number of aliphatic hydroxyl groups is 1. The molecule has 0 saturated carbocycles. The maximum atomic E-state index is 15.1. The maximum Gasteiger partial charge on any atom is 0.430 e. The Balaban J connectivity index is 1.61. The van der Waals surface area contributed by atoms with Gasteiger partial charge in [0.2, 0.25) is 10.0 Å². The van der Waals surface area contributed by atoms with Gasteiger partial charge in [-0.15, -0.1) is 0 Å². The van der Waals surface area contributed by atoms with E-state index in [9.17, 15) is 39.9 Å². The van der Waals surface area contributed by atoms with Gasteiger partial charge in [0.25, 0.3) is 5.60 Å². The summed E-state index contributed by atoms with van der Waals surface area (Å²) in [4.78, 5) is 1.92. The van der Waals surface area contributed by atoms with Gasteiger partial charge in [0.15, 0.2) is 0 Å². The quantitative estimate of drug-likeness (QED) is 0.477. The van der Waals surface area contributed by atoms with Crippen LogP contribution in [0.4, 0.5) is 35.1 Å². The summed E-state index contributed by atoms with van der Waals surface area (Å²) < 4.78 is 134. The first-order valence-corrected chi connectivity index (χ1v) is 13.7. The second-order valence-corrected chi connectivity index (χ2v) is 12.7. The van der Waals surface area contributed by atoms with Crippen LogP contribution in [0.25, 0.3) is 11.1 Å². The van der Waals surface area contributed by atoms with E-state index in [4.69, 9.17) is 0 Å². The monoisotopic (exact) mass is 586 g/mol. The van der Waals surface area contributed by atoms with Gasteiger partial charge >= 0.3 is 12.4 Å². The number of likely N-dealkylation sites (tertiary alicyclic amines) is 1. The topological polar surface area (TPSA) is 60.9 Å². The highest BCUT2D eigenvalue weighted by atomic mass is 32.2. The second-order valence-electron chi connectivity index (χ2n) is 10.8. The Morgan fingerprint density at radius 3 is 1.92 bits per heavy atom. The molecule has 1 spiro atoms. The summed E-state index contributed by atoms with van der Waals surface area (Å²) in [6.45, 7) is 5.47. The van der Waals surface area contributed by atoms with Crippen molar-refractivity contribution in [1.29, 1.82) is 0 Å². The molecule has 0 aromatic heterocycles. The number of nitrogens with zero attached hydrogens (tertiary/aromatic N) is 2. The van der Waals surface area contributed by atoms with Crippen LogP contribution in [0.15, 0.2) is 30.3 Å². The number of alkyl halides is 6. The van der Waals surface area contributed by atoms with Crippen molar-refractivity contribution in [3.05, 3.63) is 58.7 Å². The molecule has 2 fully saturated rings. The van der Waals surface area contributed by atoms with Crippen molar-refractivity contribution < 1.29 is 48.6 Å². The molecule has 0 atom stereocenters. The van der Waals surface area contributed by atoms with Crippen LogP contribution in [0, 0.1) is 17.0 Å². The van der Waals surface area contributed by atoms with E-state index in [2.05, 4.69) is 0 Å². The van der Waals surface area contributed by atoms with Gasteiger partial charge in [-0.05, 0) is 29.2 Å². The van der Waals surface area contributed by atoms with E-state index in [1.165, 1.54) is 10.4 Å². The zero-order valence-electron chi connectivity index (χ0n) is 21.1. The van der Waals surface area contributed by atoms with Crippen molar-refractivity contribution in [2.45, 2.75) is 44.3 Å². The smallest absolute Gasteiger partial charge is 0.369 e. The van der Waals surface area contributed by atoms with E-state index in [-0.39, 0.29) is 35.1 Å². The van der Waals surface area contributed by atoms with Gasteiger partial charge in [-0.2, -0.15) is 26.3 Å². The zero-order valence-corrected chi connectivity index (χ0v) is 21.9. The Morgan fingerprint density at radius 2 is 1.46 bits per heavy atom. The summed E-state index contributed by atoms with van der Waals surface area (Å²) in [5, 5.41) is 9.58. The van der Waals surface area contributed by atoms with E-state index >= 15 is 8.78 Å². The maximum absolute atomic E-state index is 15.1. The molecule has 0 unspecified atom stereocenters. The van der Waals surface area contributed by atoms with Gasteiger partial charge < -0.3 is 5.11 Å². The van der Waals surface area contributed by atoms with Crippen LogP contribution >= 0.6 is 0 Å². The molecule has 216 valence electrons. The second kappa shape index (κ2) is 9.38. The molecule has 0 bridgehead atoms. The van der Waals surface area contributed by atoms with Crippen LogP contribution in [0.1, 0.15) is 36.5 Å². The summed E-state index contributed by atoms with van der Waals surface area (Å²) in [5.41, 5.74) is -7.00. The zero-order chi connectivity index (χ0) is 29.3. The summed E-state index contributed by atoms with van der Waals surface area (Å²) in [7, 11) is -3.27. The average molecular weight is 587 g/mol. The lowest BCUT2D eigenvalue weighted by Gasteiger charge is -2.59. The molecule has 2 saturated heterocycles. The molecule has 2 aliphatic heterocycles. The fraction of sp³-hybridized carbons (Fsp3) is 0.520. The highest BCUT2D eigenvalue weighted by molar-refractivity contribution is 7.88. The van der Waals surface area contributed by atoms with E-state index in [1.807, 2.05) is 4.90 Å². The highest BCUT2D eigenvalue weighted by Gasteiger charge is 2.71. The fourth-order valence-electron chi connectivity index (χ4n) is 5.31. The van der Waals surface area contributed by atoms with Crippen LogP contribution in [0.3, 0.4) is 0 Å². The molecule has 2 aromatic carbocycles. The van der Waals surface area contributed by atoms with Crippen LogP contribution in [-0.4, -0.2) is 67.5 Å². The first-order chi connectivity index (χ1) is 17.7. The van der Waals surface area contributed by atoms with Crippen molar-refractivity contribution in [3.8, 4) is 11.1 Å². The molecule has 0 aliphatic carbocycles. The van der Waals surface area contributed by atoms with Gasteiger partial charge in [0, 0.05) is 54.8 Å². The Kier molecular flexibility index (Phi) is 7.14. The van der Waals surface area contributed by atoms with E-state index in [0.29, 0.717) is 43.9 Å². The van der Waals surface area contributed by atoms with Crippen molar-refractivity contribution in [2.24, 2.45) is 5.41 Å². The van der Waals surface area contributed by atoms with Crippen LogP contribution in [0.5, 0.6) is 0 Å². The predicted molar refractivity (Wildman–Crippen MR) is 126 cm³/mol. The number of sulfonamides is 1. The third-order valence-electron chi connectivity index (χ3n) is 7.34. The third-order valence-corrected chi connectivity index (χ3v) is 8.54. The van der Waals surface area contributed by atoms with Gasteiger partial charge in [0.1, 0.15) is 11.6 Å². The molecule has 2 aliphatic rings. The molecule has 14 heteroatoms. The standard InChI is InChI=1S/C25H26F8N2O3S/c1-14(2)18-6-15(9-34-10-22(11-34)12-35(13-22)39(3,37)38)20(26)8-19(18)17-5-4-16(7-21(17)27)23(36,24(28,29)30)25(31,32)33/h4-8,14,36H,9-13H2,1-3H3. The van der Waals surface area contributed by atoms with Crippen molar-refractivity contribution in [2.75, 3.05) is 32.4 Å². The van der Waals surface area contributed by atoms with Gasteiger partial charge in [0.05, 0.1) is 6.26 Å². The first-order valence-electron chi connectivity index (χ1n) is 11.8. The molecule has 4 rings (SSSR count). The minimum absolute atomic E-state index is 0.0375. The number of hydrogen-bond donors (Lipinski definition) is 1. The van der Waals surface area contributed by atoms with E-state index in [0.717, 1.165) is 12.3 Å². The van der Waals surface area contributed by atoms with Crippen LogP contribution < -0.4 is 0 Å². The van der Waals surface area contributed by atoms with E-state index < -0.39 is 50.7 Å². The molecule has 2 aromatic rings. The Morgan fingerprint density at radius 1 is 0.897 bits per heavy atom. The van der Waals surface area contributed by atoms with E-state index in [1.54, 1.807) is 13.8 Å². The fourth-order valence-corrected chi connectivity index (χ4v) is 6.32. The Bertz CT molecular complexity index is 1360.